The van der Waals surface area contributed by atoms with E-state index in [4.69, 9.17) is 9.57 Å². The zero-order valence-corrected chi connectivity index (χ0v) is 19.0. The maximum atomic E-state index is 13.9. The molecule has 3 heterocycles. The molecule has 3 fully saturated rings. The topological polar surface area (TPSA) is 62.3 Å². The molecule has 0 saturated carbocycles. The fourth-order valence-electron chi connectivity index (χ4n) is 5.48. The van der Waals surface area contributed by atoms with E-state index in [9.17, 15) is 9.59 Å². The highest BCUT2D eigenvalue weighted by Gasteiger charge is 2.70. The summed E-state index contributed by atoms with van der Waals surface area (Å²) in [4.78, 5) is 37.1. The second-order valence-corrected chi connectivity index (χ2v) is 9.06. The Bertz CT molecular complexity index is 1250. The van der Waals surface area contributed by atoms with Crippen LogP contribution in [0.2, 0.25) is 0 Å². The van der Waals surface area contributed by atoms with E-state index in [1.807, 2.05) is 35.4 Å². The van der Waals surface area contributed by atoms with E-state index >= 15 is 0 Å². The summed E-state index contributed by atoms with van der Waals surface area (Å²) >= 11 is 0. The lowest BCUT2D eigenvalue weighted by Crippen LogP contribution is -2.47. The summed E-state index contributed by atoms with van der Waals surface area (Å²) < 4.78 is 5.23. The van der Waals surface area contributed by atoms with Crippen molar-refractivity contribution in [2.75, 3.05) is 30.1 Å². The van der Waals surface area contributed by atoms with Crippen molar-refractivity contribution in [1.29, 1.82) is 0 Å². The molecule has 0 spiro atoms. The average Bonchev–Trinajstić information content (AvgIpc) is 3.47. The molecule has 3 saturated heterocycles. The van der Waals surface area contributed by atoms with Crippen LogP contribution in [-0.4, -0.2) is 43.3 Å². The second kappa shape index (κ2) is 7.68. The van der Waals surface area contributed by atoms with Gasteiger partial charge in [-0.05, 0) is 48.9 Å². The molecule has 0 radical (unpaired) electrons. The van der Waals surface area contributed by atoms with E-state index in [1.165, 1.54) is 10.5 Å². The molecule has 2 amide bonds. The molecule has 3 aliphatic heterocycles. The van der Waals surface area contributed by atoms with E-state index in [0.29, 0.717) is 24.7 Å². The normalized spacial score (nSPS) is 26.2. The van der Waals surface area contributed by atoms with Crippen LogP contribution in [0, 0.1) is 12.8 Å². The molecule has 7 heteroatoms. The third kappa shape index (κ3) is 2.90. The first-order valence-corrected chi connectivity index (χ1v) is 11.4. The minimum absolute atomic E-state index is 0.239. The molecule has 34 heavy (non-hydrogen) atoms. The van der Waals surface area contributed by atoms with Gasteiger partial charge in [-0.3, -0.25) is 14.4 Å². The molecule has 3 atom stereocenters. The van der Waals surface area contributed by atoms with Gasteiger partial charge in [-0.2, -0.15) is 5.06 Å². The fraction of sp³-hybridized carbons (Fsp3) is 0.259. The minimum Gasteiger partial charge on any atom is -0.497 e. The van der Waals surface area contributed by atoms with Gasteiger partial charge in [0.25, 0.3) is 5.91 Å². The quantitative estimate of drug-likeness (QED) is 0.562. The van der Waals surface area contributed by atoms with Gasteiger partial charge >= 0.3 is 0 Å². The van der Waals surface area contributed by atoms with Crippen LogP contribution in [0.15, 0.2) is 78.9 Å². The van der Waals surface area contributed by atoms with Crippen molar-refractivity contribution in [2.24, 2.45) is 5.92 Å². The molecule has 0 unspecified atom stereocenters. The third-order valence-corrected chi connectivity index (χ3v) is 7.19. The van der Waals surface area contributed by atoms with Crippen molar-refractivity contribution in [1.82, 2.24) is 5.06 Å². The van der Waals surface area contributed by atoms with Crippen LogP contribution < -0.4 is 14.5 Å². The lowest BCUT2D eigenvalue weighted by Gasteiger charge is -2.33. The van der Waals surface area contributed by atoms with Crippen molar-refractivity contribution in [3.8, 4) is 5.75 Å². The number of amides is 2. The molecule has 3 aliphatic rings. The standard InChI is InChI=1S/C27H25N3O4/c1-18-8-10-20(11-9-18)28-16-27(19-6-4-3-5-7-19)23-24(34-29(27)17-28)26(32)30(25(23)31)21-12-14-22(33-2)15-13-21/h3-15,23-24H,16-17H2,1-2H3/t23-,24+,27-/m0/s1. The van der Waals surface area contributed by atoms with Crippen molar-refractivity contribution in [3.63, 3.8) is 0 Å². The fourth-order valence-corrected chi connectivity index (χ4v) is 5.48. The van der Waals surface area contributed by atoms with Crippen LogP contribution in [0.1, 0.15) is 11.1 Å². The number of nitrogens with zero attached hydrogens (tertiary/aromatic N) is 3. The maximum Gasteiger partial charge on any atom is 0.265 e. The zero-order chi connectivity index (χ0) is 23.4. The van der Waals surface area contributed by atoms with Gasteiger partial charge in [-0.15, -0.1) is 0 Å². The van der Waals surface area contributed by atoms with Gasteiger partial charge < -0.3 is 9.64 Å². The number of carbonyl (C=O) groups is 2. The number of ether oxygens (including phenoxy) is 1. The van der Waals surface area contributed by atoms with Crippen molar-refractivity contribution < 1.29 is 19.2 Å². The van der Waals surface area contributed by atoms with Gasteiger partial charge in [0.2, 0.25) is 5.91 Å². The molecule has 6 rings (SSSR count). The Morgan fingerprint density at radius 3 is 2.24 bits per heavy atom. The molecule has 7 nitrogen and oxygen atoms in total. The summed E-state index contributed by atoms with van der Waals surface area (Å²) in [6.07, 6.45) is -0.852. The highest BCUT2D eigenvalue weighted by molar-refractivity contribution is 6.24. The number of carbonyl (C=O) groups excluding carboxylic acids is 2. The van der Waals surface area contributed by atoms with Crippen molar-refractivity contribution in [3.05, 3.63) is 90.0 Å². The van der Waals surface area contributed by atoms with Crippen LogP contribution in [0.4, 0.5) is 11.4 Å². The largest absolute Gasteiger partial charge is 0.497 e. The van der Waals surface area contributed by atoms with Gasteiger partial charge in [-0.25, -0.2) is 4.90 Å². The molecule has 0 N–H and O–H groups in total. The van der Waals surface area contributed by atoms with Crippen LogP contribution >= 0.6 is 0 Å². The number of hydrogen-bond donors (Lipinski definition) is 0. The molecular weight excluding hydrogens is 430 g/mol. The number of fused-ring (bicyclic) bond motifs is 3. The Balaban J connectivity index is 1.42. The van der Waals surface area contributed by atoms with Crippen LogP contribution in [-0.2, 0) is 20.0 Å². The van der Waals surface area contributed by atoms with Gasteiger partial charge in [0.1, 0.15) is 17.2 Å². The summed E-state index contributed by atoms with van der Waals surface area (Å²) in [6, 6.07) is 25.2. The SMILES string of the molecule is COc1ccc(N2C(=O)[C@@H]3[C@@H](ON4CN(c5ccc(C)cc5)C[C@]34c3ccccc3)C2=O)cc1. The number of methoxy groups -OCH3 is 1. The van der Waals surface area contributed by atoms with Crippen LogP contribution in [0.3, 0.4) is 0 Å². The first-order chi connectivity index (χ1) is 16.5. The van der Waals surface area contributed by atoms with Gasteiger partial charge in [0.15, 0.2) is 6.10 Å². The molecular formula is C27H25N3O4. The Labute approximate surface area is 198 Å². The van der Waals surface area contributed by atoms with Gasteiger partial charge in [-0.1, -0.05) is 48.0 Å². The lowest BCUT2D eigenvalue weighted by molar-refractivity contribution is -0.177. The van der Waals surface area contributed by atoms with Crippen molar-refractivity contribution >= 4 is 23.2 Å². The number of anilines is 2. The average molecular weight is 456 g/mol. The second-order valence-electron chi connectivity index (χ2n) is 9.06. The maximum absolute atomic E-state index is 13.9. The van der Waals surface area contributed by atoms with E-state index in [0.717, 1.165) is 11.3 Å². The van der Waals surface area contributed by atoms with Crippen molar-refractivity contribution in [2.45, 2.75) is 18.6 Å². The van der Waals surface area contributed by atoms with Gasteiger partial charge in [0, 0.05) is 12.2 Å². The first-order valence-electron chi connectivity index (χ1n) is 11.4. The minimum atomic E-state index is -0.852. The smallest absolute Gasteiger partial charge is 0.265 e. The number of rotatable bonds is 4. The highest BCUT2D eigenvalue weighted by atomic mass is 16.7. The Morgan fingerprint density at radius 1 is 0.882 bits per heavy atom. The van der Waals surface area contributed by atoms with E-state index in [1.54, 1.807) is 31.4 Å². The summed E-state index contributed by atoms with van der Waals surface area (Å²) in [5.74, 6) is -0.556. The predicted octanol–water partition coefficient (Wildman–Crippen LogP) is 3.48. The van der Waals surface area contributed by atoms with Crippen LogP contribution in [0.5, 0.6) is 5.75 Å². The lowest BCUT2D eigenvalue weighted by atomic mass is 9.77. The van der Waals surface area contributed by atoms with Gasteiger partial charge in [0.05, 0.1) is 19.5 Å². The Hall–Kier alpha value is -3.68. The molecule has 0 aromatic heterocycles. The number of benzene rings is 3. The number of hydroxylamine groups is 2. The zero-order valence-electron chi connectivity index (χ0n) is 19.0. The molecule has 3 aromatic rings. The van der Waals surface area contributed by atoms with E-state index in [-0.39, 0.29) is 11.8 Å². The predicted molar refractivity (Wildman–Crippen MR) is 127 cm³/mol. The molecule has 172 valence electrons. The Kier molecular flexibility index (Phi) is 4.72. The molecule has 0 bridgehead atoms. The summed E-state index contributed by atoms with van der Waals surface area (Å²) in [5, 5.41) is 1.85. The summed E-state index contributed by atoms with van der Waals surface area (Å²) in [7, 11) is 1.58. The third-order valence-electron chi connectivity index (χ3n) is 7.19. The summed E-state index contributed by atoms with van der Waals surface area (Å²) in [5.41, 5.74) is 2.96. The van der Waals surface area contributed by atoms with E-state index in [2.05, 4.69) is 36.1 Å². The summed E-state index contributed by atoms with van der Waals surface area (Å²) in [6.45, 7) is 3.06. The van der Waals surface area contributed by atoms with E-state index < -0.39 is 17.6 Å². The number of imide groups is 1. The molecule has 3 aromatic carbocycles. The van der Waals surface area contributed by atoms with Crippen LogP contribution in [0.25, 0.3) is 0 Å². The highest BCUT2D eigenvalue weighted by Crippen LogP contribution is 2.53. The number of hydrogen-bond acceptors (Lipinski definition) is 6. The number of aryl methyl sites for hydroxylation is 1. The first kappa shape index (κ1) is 20.9. The molecule has 0 aliphatic carbocycles. The monoisotopic (exact) mass is 455 g/mol. The Morgan fingerprint density at radius 2 is 1.56 bits per heavy atom.